The van der Waals surface area contributed by atoms with E-state index in [4.69, 9.17) is 13.9 Å². The molecule has 3 rings (SSSR count). The number of fused-ring (bicyclic) bond motifs is 1. The van der Waals surface area contributed by atoms with Crippen LogP contribution in [0.25, 0.3) is 6.08 Å². The summed E-state index contributed by atoms with van der Waals surface area (Å²) in [5.41, 5.74) is 1.33. The summed E-state index contributed by atoms with van der Waals surface area (Å²) in [6.45, 7) is 0. The molecule has 0 bridgehead atoms. The Hall–Kier alpha value is -3.20. The Morgan fingerprint density at radius 2 is 2.04 bits per heavy atom. The van der Waals surface area contributed by atoms with E-state index in [0.29, 0.717) is 17.2 Å². The number of amides is 1. The van der Waals surface area contributed by atoms with E-state index in [1.807, 2.05) is 0 Å². The topological polar surface area (TPSA) is 75.7 Å². The van der Waals surface area contributed by atoms with E-state index in [2.05, 4.69) is 6.07 Å². The molecule has 1 amide bonds. The first kappa shape index (κ1) is 14.7. The number of nitrogens with zero attached hydrogens (tertiary/aromatic N) is 2. The molecule has 0 N–H and O–H groups in total. The average Bonchev–Trinajstić information content (AvgIpc) is 3.13. The van der Waals surface area contributed by atoms with Gasteiger partial charge in [-0.3, -0.25) is 9.69 Å². The molecule has 1 atom stereocenters. The van der Waals surface area contributed by atoms with Crippen LogP contribution >= 0.6 is 0 Å². The molecule has 0 fully saturated rings. The highest BCUT2D eigenvalue weighted by Gasteiger charge is 2.31. The van der Waals surface area contributed by atoms with E-state index in [0.717, 1.165) is 5.56 Å². The molecule has 1 aromatic heterocycles. The van der Waals surface area contributed by atoms with Crippen molar-refractivity contribution in [3.05, 3.63) is 47.9 Å². The number of carbonyl (C=O) groups excluding carboxylic acids is 1. The molecular weight excluding hydrogens is 296 g/mol. The van der Waals surface area contributed by atoms with Gasteiger partial charge < -0.3 is 13.9 Å². The zero-order valence-corrected chi connectivity index (χ0v) is 12.6. The summed E-state index contributed by atoms with van der Waals surface area (Å²) in [7, 11) is 3.06. The second-order valence-corrected chi connectivity index (χ2v) is 4.85. The van der Waals surface area contributed by atoms with Crippen LogP contribution in [-0.2, 0) is 0 Å². The van der Waals surface area contributed by atoms with Crippen LogP contribution in [0.2, 0.25) is 0 Å². The van der Waals surface area contributed by atoms with Gasteiger partial charge in [0, 0.05) is 11.6 Å². The number of rotatable bonds is 3. The van der Waals surface area contributed by atoms with Crippen LogP contribution in [0.3, 0.4) is 0 Å². The molecule has 6 heteroatoms. The third kappa shape index (κ3) is 2.42. The number of benzene rings is 1. The number of hydrogen-bond acceptors (Lipinski definition) is 5. The van der Waals surface area contributed by atoms with Crippen LogP contribution < -0.4 is 14.4 Å². The summed E-state index contributed by atoms with van der Waals surface area (Å²) < 4.78 is 15.8. The Kier molecular flexibility index (Phi) is 3.77. The molecule has 0 aliphatic carbocycles. The second kappa shape index (κ2) is 5.89. The van der Waals surface area contributed by atoms with Crippen molar-refractivity contribution in [1.29, 1.82) is 5.26 Å². The molecule has 0 radical (unpaired) electrons. The number of methoxy groups -OCH3 is 2. The van der Waals surface area contributed by atoms with Gasteiger partial charge in [-0.2, -0.15) is 5.26 Å². The number of hydrogen-bond donors (Lipinski definition) is 0. The lowest BCUT2D eigenvalue weighted by atomic mass is 10.0. The van der Waals surface area contributed by atoms with Gasteiger partial charge in [-0.15, -0.1) is 0 Å². The zero-order valence-electron chi connectivity index (χ0n) is 12.6. The van der Waals surface area contributed by atoms with E-state index in [1.165, 1.54) is 18.3 Å². The second-order valence-electron chi connectivity index (χ2n) is 4.85. The van der Waals surface area contributed by atoms with Crippen LogP contribution in [-0.4, -0.2) is 26.2 Å². The largest absolute Gasteiger partial charge is 0.493 e. The predicted molar refractivity (Wildman–Crippen MR) is 83.5 cm³/mol. The van der Waals surface area contributed by atoms with Gasteiger partial charge in [0.2, 0.25) is 0 Å². The molecule has 2 aromatic rings. The van der Waals surface area contributed by atoms with Gasteiger partial charge >= 0.3 is 0 Å². The smallest absolute Gasteiger partial charge is 0.295 e. The van der Waals surface area contributed by atoms with Crippen LogP contribution in [0.1, 0.15) is 16.1 Å². The maximum Gasteiger partial charge on any atom is 0.295 e. The molecule has 6 nitrogen and oxygen atoms in total. The van der Waals surface area contributed by atoms with Crippen molar-refractivity contribution in [3.63, 3.8) is 0 Å². The molecule has 116 valence electrons. The normalized spacial score (nSPS) is 15.7. The highest BCUT2D eigenvalue weighted by Crippen LogP contribution is 2.39. The maximum atomic E-state index is 12.7. The first-order valence-corrected chi connectivity index (χ1v) is 6.90. The molecular formula is C17H14N2O4. The zero-order chi connectivity index (χ0) is 16.4. The van der Waals surface area contributed by atoms with Crippen LogP contribution in [0.5, 0.6) is 11.5 Å². The Balaban J connectivity index is 2.14. The number of furan rings is 1. The van der Waals surface area contributed by atoms with Crippen LogP contribution in [0.15, 0.2) is 41.0 Å². The van der Waals surface area contributed by atoms with E-state index >= 15 is 0 Å². The number of ether oxygens (including phenoxy) is 2. The standard InChI is InChI=1S/C17H14N2O4/c1-21-15-8-11-5-6-12(10-18)19(13(11)9-16(15)22-2)17(20)14-4-3-7-23-14/h3-9,12H,1-2H3/t12-/m1/s1. The average molecular weight is 310 g/mol. The first-order chi connectivity index (χ1) is 11.2. The molecule has 0 unspecified atom stereocenters. The van der Waals surface area contributed by atoms with Gasteiger partial charge in [0.1, 0.15) is 6.04 Å². The van der Waals surface area contributed by atoms with E-state index in [-0.39, 0.29) is 11.7 Å². The van der Waals surface area contributed by atoms with Crippen molar-refractivity contribution in [1.82, 2.24) is 0 Å². The Morgan fingerprint density at radius 3 is 2.65 bits per heavy atom. The molecule has 2 heterocycles. The molecule has 23 heavy (non-hydrogen) atoms. The SMILES string of the molecule is COc1cc2c(cc1OC)N(C(=O)c1ccco1)[C@@H](C#N)C=C2. The summed E-state index contributed by atoms with van der Waals surface area (Å²) in [5, 5.41) is 9.38. The van der Waals surface area contributed by atoms with Crippen LogP contribution in [0.4, 0.5) is 5.69 Å². The van der Waals surface area contributed by atoms with Gasteiger partial charge in [-0.05, 0) is 24.3 Å². The summed E-state index contributed by atoms with van der Waals surface area (Å²) in [4.78, 5) is 14.1. The summed E-state index contributed by atoms with van der Waals surface area (Å²) in [6.07, 6.45) is 4.87. The fourth-order valence-corrected chi connectivity index (χ4v) is 2.51. The predicted octanol–water partition coefficient (Wildman–Crippen LogP) is 2.86. The van der Waals surface area contributed by atoms with Gasteiger partial charge in [-0.25, -0.2) is 0 Å². The lowest BCUT2D eigenvalue weighted by molar-refractivity contribution is 0.0958. The van der Waals surface area contributed by atoms with E-state index < -0.39 is 6.04 Å². The third-order valence-electron chi connectivity index (χ3n) is 3.61. The van der Waals surface area contributed by atoms with Crippen molar-refractivity contribution >= 4 is 17.7 Å². The molecule has 1 aromatic carbocycles. The lowest BCUT2D eigenvalue weighted by Gasteiger charge is -2.30. The van der Waals surface area contributed by atoms with Crippen molar-refractivity contribution in [2.24, 2.45) is 0 Å². The Labute approximate surface area is 133 Å². The Bertz CT molecular complexity index is 803. The fraction of sp³-hybridized carbons (Fsp3) is 0.176. The van der Waals surface area contributed by atoms with Gasteiger partial charge in [-0.1, -0.05) is 6.08 Å². The van der Waals surface area contributed by atoms with Crippen molar-refractivity contribution in [3.8, 4) is 17.6 Å². The minimum absolute atomic E-state index is 0.168. The minimum atomic E-state index is -0.724. The summed E-state index contributed by atoms with van der Waals surface area (Å²) in [6, 6.07) is 8.03. The van der Waals surface area contributed by atoms with Crippen LogP contribution in [0, 0.1) is 11.3 Å². The van der Waals surface area contributed by atoms with E-state index in [1.54, 1.807) is 43.5 Å². The summed E-state index contributed by atoms with van der Waals surface area (Å²) >= 11 is 0. The monoisotopic (exact) mass is 310 g/mol. The highest BCUT2D eigenvalue weighted by atomic mass is 16.5. The molecule has 1 aliphatic rings. The van der Waals surface area contributed by atoms with Gasteiger partial charge in [0.05, 0.1) is 32.2 Å². The van der Waals surface area contributed by atoms with Crippen molar-refractivity contribution < 1.29 is 18.7 Å². The molecule has 1 aliphatic heterocycles. The fourth-order valence-electron chi connectivity index (χ4n) is 2.51. The highest BCUT2D eigenvalue weighted by molar-refractivity contribution is 6.07. The minimum Gasteiger partial charge on any atom is -0.493 e. The maximum absolute atomic E-state index is 12.7. The van der Waals surface area contributed by atoms with Gasteiger partial charge in [0.25, 0.3) is 5.91 Å². The number of nitriles is 1. The summed E-state index contributed by atoms with van der Waals surface area (Å²) in [5.74, 6) is 0.813. The quantitative estimate of drug-likeness (QED) is 0.871. The number of carbonyl (C=O) groups is 1. The lowest BCUT2D eigenvalue weighted by Crippen LogP contribution is -2.40. The first-order valence-electron chi connectivity index (χ1n) is 6.90. The molecule has 0 saturated carbocycles. The Morgan fingerprint density at radius 1 is 1.30 bits per heavy atom. The number of anilines is 1. The third-order valence-corrected chi connectivity index (χ3v) is 3.61. The van der Waals surface area contributed by atoms with Gasteiger partial charge in [0.15, 0.2) is 17.3 Å². The van der Waals surface area contributed by atoms with E-state index in [9.17, 15) is 10.1 Å². The van der Waals surface area contributed by atoms with Crippen molar-refractivity contribution in [2.75, 3.05) is 19.1 Å². The van der Waals surface area contributed by atoms with Crippen molar-refractivity contribution in [2.45, 2.75) is 6.04 Å². The molecule has 0 spiro atoms. The molecule has 0 saturated heterocycles.